The molecule has 3 aromatic rings. The van der Waals surface area contributed by atoms with Gasteiger partial charge in [0.15, 0.2) is 11.8 Å². The minimum atomic E-state index is -0.537. The number of benzene rings is 1. The number of nitrogens with zero attached hydrogens (tertiary/aromatic N) is 5. The average Bonchev–Trinajstić information content (AvgIpc) is 3.37. The first-order valence-corrected chi connectivity index (χ1v) is 10.6. The number of aryl methyl sites for hydroxylation is 2. The first-order chi connectivity index (χ1) is 15.4. The average molecular weight is 440 g/mol. The van der Waals surface area contributed by atoms with Gasteiger partial charge in [0, 0.05) is 44.6 Å². The van der Waals surface area contributed by atoms with Crippen LogP contribution < -0.4 is 15.5 Å². The number of pyridine rings is 1. The van der Waals surface area contributed by atoms with Gasteiger partial charge < -0.3 is 15.5 Å². The summed E-state index contributed by atoms with van der Waals surface area (Å²) in [4.78, 5) is 10.5. The standard InChI is InChI=1S/C23H27F2N7/c1-15-11-16(2)32(30-15)21-8-7-17(12-27-21)13-28-23(26-3)29-18-9-10-31(14-18)22-19(24)5-4-6-20(22)25/h4-8,11-12,18H,9-10,13-14H2,1-3H3,(H2,26,28,29). The number of rotatable bonds is 5. The van der Waals surface area contributed by atoms with Crippen molar-refractivity contribution < 1.29 is 8.78 Å². The molecule has 9 heteroatoms. The first-order valence-electron chi connectivity index (χ1n) is 10.6. The Labute approximate surface area is 186 Å². The van der Waals surface area contributed by atoms with Crippen molar-refractivity contribution in [3.8, 4) is 5.82 Å². The summed E-state index contributed by atoms with van der Waals surface area (Å²) in [7, 11) is 1.70. The van der Waals surface area contributed by atoms with Crippen LogP contribution in [0, 0.1) is 25.5 Å². The largest absolute Gasteiger partial charge is 0.365 e. The van der Waals surface area contributed by atoms with Crippen molar-refractivity contribution in [3.05, 3.63) is 71.2 Å². The molecule has 0 spiro atoms. The van der Waals surface area contributed by atoms with Gasteiger partial charge in [0.2, 0.25) is 0 Å². The third-order valence-electron chi connectivity index (χ3n) is 5.50. The molecule has 4 rings (SSSR count). The van der Waals surface area contributed by atoms with E-state index in [1.807, 2.05) is 42.9 Å². The Morgan fingerprint density at radius 2 is 1.97 bits per heavy atom. The van der Waals surface area contributed by atoms with E-state index in [-0.39, 0.29) is 11.7 Å². The van der Waals surface area contributed by atoms with Crippen LogP contribution in [0.2, 0.25) is 0 Å². The van der Waals surface area contributed by atoms with Gasteiger partial charge in [-0.2, -0.15) is 5.10 Å². The first kappa shape index (κ1) is 21.7. The van der Waals surface area contributed by atoms with Crippen molar-refractivity contribution in [1.82, 2.24) is 25.4 Å². The zero-order valence-electron chi connectivity index (χ0n) is 18.4. The maximum atomic E-state index is 14.1. The minimum absolute atomic E-state index is 0.0340. The van der Waals surface area contributed by atoms with Crippen LogP contribution in [0.4, 0.5) is 14.5 Å². The molecule has 1 atom stereocenters. The summed E-state index contributed by atoms with van der Waals surface area (Å²) in [5.41, 5.74) is 3.02. The highest BCUT2D eigenvalue weighted by Gasteiger charge is 2.27. The molecule has 1 saturated heterocycles. The lowest BCUT2D eigenvalue weighted by Gasteiger charge is -2.21. The van der Waals surface area contributed by atoms with E-state index in [0.717, 1.165) is 29.2 Å². The molecule has 1 unspecified atom stereocenters. The van der Waals surface area contributed by atoms with Gasteiger partial charge in [-0.05, 0) is 50.1 Å². The van der Waals surface area contributed by atoms with Gasteiger partial charge in [-0.25, -0.2) is 18.4 Å². The highest BCUT2D eigenvalue weighted by Crippen LogP contribution is 2.26. The SMILES string of the molecule is CN=C(NCc1ccc(-n2nc(C)cc2C)nc1)NC1CCN(c2c(F)cccc2F)C1. The summed E-state index contributed by atoms with van der Waals surface area (Å²) in [5.74, 6) is 0.330. The Morgan fingerprint density at radius 3 is 2.59 bits per heavy atom. The topological polar surface area (TPSA) is 70.4 Å². The van der Waals surface area contributed by atoms with Gasteiger partial charge in [-0.1, -0.05) is 12.1 Å². The van der Waals surface area contributed by atoms with E-state index in [1.165, 1.54) is 18.2 Å². The molecule has 168 valence electrons. The normalized spacial score (nSPS) is 16.5. The monoisotopic (exact) mass is 439 g/mol. The molecule has 3 heterocycles. The molecule has 0 radical (unpaired) electrons. The Balaban J connectivity index is 1.32. The van der Waals surface area contributed by atoms with Gasteiger partial charge in [0.25, 0.3) is 0 Å². The van der Waals surface area contributed by atoms with Gasteiger partial charge in [0.1, 0.15) is 17.3 Å². The van der Waals surface area contributed by atoms with Crippen LogP contribution in [0.3, 0.4) is 0 Å². The van der Waals surface area contributed by atoms with E-state index in [4.69, 9.17) is 0 Å². The van der Waals surface area contributed by atoms with Crippen LogP contribution in [0.15, 0.2) is 47.6 Å². The lowest BCUT2D eigenvalue weighted by molar-refractivity contribution is 0.576. The van der Waals surface area contributed by atoms with E-state index >= 15 is 0 Å². The number of hydrogen-bond donors (Lipinski definition) is 2. The quantitative estimate of drug-likeness (QED) is 0.472. The summed E-state index contributed by atoms with van der Waals surface area (Å²) in [6.07, 6.45) is 2.57. The Morgan fingerprint density at radius 1 is 1.19 bits per heavy atom. The van der Waals surface area contributed by atoms with Crippen molar-refractivity contribution in [2.24, 2.45) is 4.99 Å². The number of halogens is 2. The van der Waals surface area contributed by atoms with Crippen LogP contribution in [-0.2, 0) is 6.54 Å². The smallest absolute Gasteiger partial charge is 0.191 e. The summed E-state index contributed by atoms with van der Waals surface area (Å²) in [6.45, 7) is 5.57. The molecule has 1 aliphatic rings. The van der Waals surface area contributed by atoms with Crippen molar-refractivity contribution in [1.29, 1.82) is 0 Å². The molecule has 1 fully saturated rings. The second kappa shape index (κ2) is 9.33. The molecule has 1 aliphatic heterocycles. The van der Waals surface area contributed by atoms with Gasteiger partial charge in [-0.3, -0.25) is 4.99 Å². The predicted molar refractivity (Wildman–Crippen MR) is 121 cm³/mol. The maximum absolute atomic E-state index is 14.1. The van der Waals surface area contributed by atoms with E-state index in [9.17, 15) is 8.78 Å². The number of aliphatic imine (C=N–C) groups is 1. The van der Waals surface area contributed by atoms with E-state index in [0.29, 0.717) is 25.6 Å². The summed E-state index contributed by atoms with van der Waals surface area (Å²) in [6, 6.07) is 9.93. The highest BCUT2D eigenvalue weighted by molar-refractivity contribution is 5.80. The highest BCUT2D eigenvalue weighted by atomic mass is 19.1. The fourth-order valence-electron chi connectivity index (χ4n) is 3.95. The predicted octanol–water partition coefficient (Wildman–Crippen LogP) is 3.11. The fraction of sp³-hybridized carbons (Fsp3) is 0.348. The molecule has 0 amide bonds. The summed E-state index contributed by atoms with van der Waals surface area (Å²) in [5, 5.41) is 11.1. The number of anilines is 1. The van der Waals surface area contributed by atoms with Crippen LogP contribution in [0.25, 0.3) is 5.82 Å². The lowest BCUT2D eigenvalue weighted by atomic mass is 10.2. The summed E-state index contributed by atoms with van der Waals surface area (Å²) < 4.78 is 30.0. The molecule has 0 bridgehead atoms. The Hall–Kier alpha value is -3.49. The Kier molecular flexibility index (Phi) is 6.34. The van der Waals surface area contributed by atoms with Crippen LogP contribution in [0.5, 0.6) is 0 Å². The molecule has 0 saturated carbocycles. The van der Waals surface area contributed by atoms with Crippen molar-refractivity contribution in [2.75, 3.05) is 25.0 Å². The van der Waals surface area contributed by atoms with Crippen molar-refractivity contribution in [2.45, 2.75) is 32.9 Å². The van der Waals surface area contributed by atoms with Gasteiger partial charge in [0.05, 0.1) is 5.69 Å². The molecule has 1 aromatic carbocycles. The number of nitrogens with one attached hydrogen (secondary N) is 2. The van der Waals surface area contributed by atoms with Gasteiger partial charge in [-0.15, -0.1) is 0 Å². The summed E-state index contributed by atoms with van der Waals surface area (Å²) >= 11 is 0. The lowest BCUT2D eigenvalue weighted by Crippen LogP contribution is -2.44. The second-order valence-corrected chi connectivity index (χ2v) is 7.94. The van der Waals surface area contributed by atoms with Crippen LogP contribution in [-0.4, -0.2) is 46.9 Å². The third kappa shape index (κ3) is 4.71. The number of guanidine groups is 1. The molecule has 32 heavy (non-hydrogen) atoms. The molecule has 0 aliphatic carbocycles. The van der Waals surface area contributed by atoms with Crippen molar-refractivity contribution in [3.63, 3.8) is 0 Å². The minimum Gasteiger partial charge on any atom is -0.365 e. The van der Waals surface area contributed by atoms with E-state index in [1.54, 1.807) is 11.9 Å². The van der Waals surface area contributed by atoms with E-state index in [2.05, 4.69) is 25.7 Å². The van der Waals surface area contributed by atoms with Gasteiger partial charge >= 0.3 is 0 Å². The zero-order chi connectivity index (χ0) is 22.7. The number of aromatic nitrogens is 3. The Bertz CT molecular complexity index is 1090. The second-order valence-electron chi connectivity index (χ2n) is 7.94. The maximum Gasteiger partial charge on any atom is 0.191 e. The number of para-hydroxylation sites is 1. The molecule has 2 N–H and O–H groups in total. The molecular formula is C23H27F2N7. The van der Waals surface area contributed by atoms with Crippen LogP contribution >= 0.6 is 0 Å². The molecule has 7 nitrogen and oxygen atoms in total. The van der Waals surface area contributed by atoms with E-state index < -0.39 is 11.6 Å². The van der Waals surface area contributed by atoms with Crippen molar-refractivity contribution >= 4 is 11.6 Å². The molecular weight excluding hydrogens is 412 g/mol. The number of hydrogen-bond acceptors (Lipinski definition) is 4. The zero-order valence-corrected chi connectivity index (χ0v) is 18.4. The fourth-order valence-corrected chi connectivity index (χ4v) is 3.95. The third-order valence-corrected chi connectivity index (χ3v) is 5.50. The van der Waals surface area contributed by atoms with Crippen LogP contribution in [0.1, 0.15) is 23.4 Å². The molecule has 2 aromatic heterocycles.